The van der Waals surface area contributed by atoms with Gasteiger partial charge in [-0.15, -0.1) is 0 Å². The number of amides is 1. The van der Waals surface area contributed by atoms with Crippen LogP contribution in [0.2, 0.25) is 0 Å². The number of fused-ring (bicyclic) bond motifs is 1. The first-order valence-electron chi connectivity index (χ1n) is 6.89. The molecule has 0 fully saturated rings. The number of hydrogen-bond acceptors (Lipinski definition) is 3. The summed E-state index contributed by atoms with van der Waals surface area (Å²) < 4.78 is 0. The molecule has 1 aromatic rings. The van der Waals surface area contributed by atoms with Crippen LogP contribution in [-0.4, -0.2) is 40.5 Å². The van der Waals surface area contributed by atoms with E-state index in [9.17, 15) is 9.59 Å². The van der Waals surface area contributed by atoms with Crippen molar-refractivity contribution in [1.82, 2.24) is 4.90 Å². The first-order chi connectivity index (χ1) is 9.52. The highest BCUT2D eigenvalue weighted by molar-refractivity contribution is 5.88. The van der Waals surface area contributed by atoms with Gasteiger partial charge in [0.05, 0.1) is 6.42 Å². The molecule has 2 N–H and O–H groups in total. The summed E-state index contributed by atoms with van der Waals surface area (Å²) in [4.78, 5) is 25.0. The Morgan fingerprint density at radius 2 is 2.15 bits per heavy atom. The fourth-order valence-electron chi connectivity index (χ4n) is 2.69. The molecule has 2 rings (SSSR count). The maximum Gasteiger partial charge on any atom is 0.305 e. The van der Waals surface area contributed by atoms with Gasteiger partial charge in [0.2, 0.25) is 5.91 Å². The maximum atomic E-state index is 12.5. The molecule has 0 saturated carbocycles. The Morgan fingerprint density at radius 3 is 2.75 bits per heavy atom. The molecule has 0 saturated heterocycles. The Kier molecular flexibility index (Phi) is 4.27. The highest BCUT2D eigenvalue weighted by Crippen LogP contribution is 2.26. The van der Waals surface area contributed by atoms with Crippen LogP contribution in [0.1, 0.15) is 25.8 Å². The number of aliphatic carboxylic acids is 1. The van der Waals surface area contributed by atoms with Gasteiger partial charge in [0.15, 0.2) is 0 Å². The highest BCUT2D eigenvalue weighted by atomic mass is 16.4. The first kappa shape index (κ1) is 14.4. The third-order valence-electron chi connectivity index (χ3n) is 3.70. The number of carboxylic acid groups (broad SMARTS) is 1. The summed E-state index contributed by atoms with van der Waals surface area (Å²) in [6, 6.07) is 7.27. The number of carbonyl (C=O) groups is 2. The SMILES string of the molecule is CCN(C(=O)C1Cc2ccccc2N1)C(C)CC(=O)O. The van der Waals surface area contributed by atoms with Gasteiger partial charge in [-0.3, -0.25) is 9.59 Å². The summed E-state index contributed by atoms with van der Waals surface area (Å²) in [5, 5.41) is 12.1. The van der Waals surface area contributed by atoms with Crippen LogP contribution < -0.4 is 5.32 Å². The number of para-hydroxylation sites is 1. The van der Waals surface area contributed by atoms with Crippen molar-refractivity contribution in [3.05, 3.63) is 29.8 Å². The summed E-state index contributed by atoms with van der Waals surface area (Å²) >= 11 is 0. The molecular weight excluding hydrogens is 256 g/mol. The fraction of sp³-hybridized carbons (Fsp3) is 0.467. The van der Waals surface area contributed by atoms with E-state index in [1.807, 2.05) is 31.2 Å². The molecule has 0 aliphatic carbocycles. The van der Waals surface area contributed by atoms with Crippen LogP contribution in [0.25, 0.3) is 0 Å². The number of benzene rings is 1. The number of rotatable bonds is 5. The fourth-order valence-corrected chi connectivity index (χ4v) is 2.69. The predicted molar refractivity (Wildman–Crippen MR) is 76.7 cm³/mol. The standard InChI is InChI=1S/C15H20N2O3/c1-3-17(10(2)8-14(18)19)15(20)13-9-11-6-4-5-7-12(11)16-13/h4-7,10,13,16H,3,8-9H2,1-2H3,(H,18,19). The molecular formula is C15H20N2O3. The number of anilines is 1. The van der Waals surface area contributed by atoms with Crippen LogP contribution in [0.4, 0.5) is 5.69 Å². The first-order valence-corrected chi connectivity index (χ1v) is 6.89. The molecule has 20 heavy (non-hydrogen) atoms. The Balaban J connectivity index is 2.06. The van der Waals surface area contributed by atoms with Crippen molar-refractivity contribution in [2.75, 3.05) is 11.9 Å². The predicted octanol–water partition coefficient (Wildman–Crippen LogP) is 1.73. The number of nitrogens with one attached hydrogen (secondary N) is 1. The minimum atomic E-state index is -0.883. The molecule has 5 nitrogen and oxygen atoms in total. The lowest BCUT2D eigenvalue weighted by atomic mass is 10.1. The van der Waals surface area contributed by atoms with Crippen molar-refractivity contribution in [2.45, 2.75) is 38.8 Å². The van der Waals surface area contributed by atoms with E-state index in [1.165, 1.54) is 0 Å². The Labute approximate surface area is 118 Å². The van der Waals surface area contributed by atoms with Crippen molar-refractivity contribution < 1.29 is 14.7 Å². The summed E-state index contributed by atoms with van der Waals surface area (Å²) in [7, 11) is 0. The van der Waals surface area contributed by atoms with E-state index in [1.54, 1.807) is 11.8 Å². The zero-order chi connectivity index (χ0) is 14.7. The van der Waals surface area contributed by atoms with Crippen molar-refractivity contribution >= 4 is 17.6 Å². The molecule has 0 radical (unpaired) electrons. The molecule has 1 aliphatic rings. The van der Waals surface area contributed by atoms with Crippen LogP contribution in [-0.2, 0) is 16.0 Å². The molecule has 1 aliphatic heterocycles. The minimum Gasteiger partial charge on any atom is -0.481 e. The molecule has 0 spiro atoms. The Hall–Kier alpha value is -2.04. The minimum absolute atomic E-state index is 0.0285. The number of carboxylic acids is 1. The lowest BCUT2D eigenvalue weighted by Gasteiger charge is -2.29. The van der Waals surface area contributed by atoms with Crippen molar-refractivity contribution in [2.24, 2.45) is 0 Å². The molecule has 0 bridgehead atoms. The molecule has 1 amide bonds. The van der Waals surface area contributed by atoms with Crippen LogP contribution in [0.5, 0.6) is 0 Å². The van der Waals surface area contributed by atoms with Crippen LogP contribution in [0.3, 0.4) is 0 Å². The maximum absolute atomic E-state index is 12.5. The Morgan fingerprint density at radius 1 is 1.45 bits per heavy atom. The van der Waals surface area contributed by atoms with E-state index < -0.39 is 5.97 Å². The van der Waals surface area contributed by atoms with Crippen molar-refractivity contribution in [3.8, 4) is 0 Å². The summed E-state index contributed by atoms with van der Waals surface area (Å²) in [6.45, 7) is 4.16. The van der Waals surface area contributed by atoms with Gasteiger partial charge < -0.3 is 15.3 Å². The van der Waals surface area contributed by atoms with Crippen LogP contribution in [0.15, 0.2) is 24.3 Å². The molecule has 2 unspecified atom stereocenters. The average molecular weight is 276 g/mol. The number of likely N-dealkylation sites (N-methyl/N-ethyl adjacent to an activating group) is 1. The highest BCUT2D eigenvalue weighted by Gasteiger charge is 2.31. The van der Waals surface area contributed by atoms with Gasteiger partial charge in [0.25, 0.3) is 0 Å². The van der Waals surface area contributed by atoms with E-state index >= 15 is 0 Å². The third-order valence-corrected chi connectivity index (χ3v) is 3.70. The van der Waals surface area contributed by atoms with Gasteiger partial charge in [-0.25, -0.2) is 0 Å². The zero-order valence-corrected chi connectivity index (χ0v) is 11.8. The Bertz CT molecular complexity index is 491. The molecule has 5 heteroatoms. The van der Waals surface area contributed by atoms with Gasteiger partial charge >= 0.3 is 5.97 Å². The van der Waals surface area contributed by atoms with Gasteiger partial charge in [-0.1, -0.05) is 18.2 Å². The zero-order valence-electron chi connectivity index (χ0n) is 11.8. The van der Waals surface area contributed by atoms with Gasteiger partial charge in [0.1, 0.15) is 6.04 Å². The summed E-state index contributed by atoms with van der Waals surface area (Å²) in [5.41, 5.74) is 2.13. The van der Waals surface area contributed by atoms with Gasteiger partial charge in [0, 0.05) is 24.7 Å². The molecule has 108 valence electrons. The number of carbonyl (C=O) groups excluding carboxylic acids is 1. The molecule has 0 aromatic heterocycles. The largest absolute Gasteiger partial charge is 0.481 e. The lowest BCUT2D eigenvalue weighted by Crippen LogP contribution is -2.47. The van der Waals surface area contributed by atoms with Gasteiger partial charge in [-0.2, -0.15) is 0 Å². The second-order valence-corrected chi connectivity index (χ2v) is 5.13. The van der Waals surface area contributed by atoms with E-state index in [-0.39, 0.29) is 24.4 Å². The number of hydrogen-bond donors (Lipinski definition) is 2. The van der Waals surface area contributed by atoms with E-state index in [0.29, 0.717) is 13.0 Å². The molecule has 1 aromatic carbocycles. The van der Waals surface area contributed by atoms with E-state index in [0.717, 1.165) is 11.3 Å². The normalized spacial score (nSPS) is 18.0. The van der Waals surface area contributed by atoms with Crippen molar-refractivity contribution in [1.29, 1.82) is 0 Å². The van der Waals surface area contributed by atoms with E-state index in [2.05, 4.69) is 5.32 Å². The average Bonchev–Trinajstić information content (AvgIpc) is 2.82. The summed E-state index contributed by atoms with van der Waals surface area (Å²) in [6.07, 6.45) is 0.630. The third kappa shape index (κ3) is 2.92. The second kappa shape index (κ2) is 5.94. The second-order valence-electron chi connectivity index (χ2n) is 5.13. The number of nitrogens with zero attached hydrogens (tertiary/aromatic N) is 1. The summed E-state index contributed by atoms with van der Waals surface area (Å²) in [5.74, 6) is -0.913. The van der Waals surface area contributed by atoms with Crippen LogP contribution in [0, 0.1) is 0 Å². The van der Waals surface area contributed by atoms with Gasteiger partial charge in [-0.05, 0) is 25.5 Å². The van der Waals surface area contributed by atoms with Crippen LogP contribution >= 0.6 is 0 Å². The lowest BCUT2D eigenvalue weighted by molar-refractivity contribution is -0.140. The van der Waals surface area contributed by atoms with E-state index in [4.69, 9.17) is 5.11 Å². The monoisotopic (exact) mass is 276 g/mol. The van der Waals surface area contributed by atoms with Crippen molar-refractivity contribution in [3.63, 3.8) is 0 Å². The topological polar surface area (TPSA) is 69.6 Å². The quantitative estimate of drug-likeness (QED) is 0.859. The smallest absolute Gasteiger partial charge is 0.305 e. The molecule has 1 heterocycles. The molecule has 2 atom stereocenters.